The van der Waals surface area contributed by atoms with Crippen LogP contribution in [0.25, 0.3) is 0 Å². The molecule has 11 heteroatoms. The van der Waals surface area contributed by atoms with E-state index in [2.05, 4.69) is 5.32 Å². The molecule has 0 saturated carbocycles. The second kappa shape index (κ2) is 13.5. The van der Waals surface area contributed by atoms with Crippen molar-refractivity contribution in [3.05, 3.63) is 92.9 Å². The van der Waals surface area contributed by atoms with Crippen LogP contribution in [0.1, 0.15) is 45.2 Å². The fourth-order valence-corrected chi connectivity index (χ4v) is 6.49. The first-order valence-corrected chi connectivity index (χ1v) is 15.6. The van der Waals surface area contributed by atoms with Crippen molar-refractivity contribution >= 4 is 62.3 Å². The normalized spacial score (nSPS) is 12.5. The van der Waals surface area contributed by atoms with E-state index in [-0.39, 0.29) is 29.5 Å². The maximum Gasteiger partial charge on any atom is 0.264 e. The Morgan fingerprint density at radius 2 is 1.54 bits per heavy atom. The lowest BCUT2D eigenvalue weighted by molar-refractivity contribution is -0.141. The van der Waals surface area contributed by atoms with Crippen molar-refractivity contribution in [3.63, 3.8) is 0 Å². The van der Waals surface area contributed by atoms with E-state index >= 15 is 0 Å². The van der Waals surface area contributed by atoms with Gasteiger partial charge >= 0.3 is 0 Å². The van der Waals surface area contributed by atoms with Gasteiger partial charge in [-0.25, -0.2) is 8.42 Å². The number of rotatable bonds is 10. The van der Waals surface area contributed by atoms with Crippen molar-refractivity contribution in [2.24, 2.45) is 0 Å². The number of amides is 2. The van der Waals surface area contributed by atoms with Crippen molar-refractivity contribution in [2.45, 2.75) is 64.1 Å². The molecule has 0 aliphatic heterocycles. The Hall–Kier alpha value is -2.78. The Labute approximate surface area is 257 Å². The predicted molar refractivity (Wildman–Crippen MR) is 166 cm³/mol. The smallest absolute Gasteiger partial charge is 0.264 e. The molecule has 2 amide bonds. The molecular formula is C30H34Cl3N3O4S. The lowest BCUT2D eigenvalue weighted by Gasteiger charge is -2.35. The first-order chi connectivity index (χ1) is 19.2. The lowest BCUT2D eigenvalue weighted by atomic mass is 10.1. The maximum atomic E-state index is 14.2. The second-order valence-corrected chi connectivity index (χ2v) is 13.8. The van der Waals surface area contributed by atoms with Crippen LogP contribution >= 0.6 is 34.8 Å². The maximum absolute atomic E-state index is 14.2. The van der Waals surface area contributed by atoms with E-state index in [0.29, 0.717) is 26.2 Å². The highest BCUT2D eigenvalue weighted by molar-refractivity contribution is 7.92. The number of anilines is 1. The number of halogens is 3. The summed E-state index contributed by atoms with van der Waals surface area (Å²) in [6, 6.07) is 16.7. The van der Waals surface area contributed by atoms with Gasteiger partial charge < -0.3 is 10.2 Å². The molecule has 1 unspecified atom stereocenters. The molecule has 0 radical (unpaired) electrons. The highest BCUT2D eigenvalue weighted by Crippen LogP contribution is 2.31. The summed E-state index contributed by atoms with van der Waals surface area (Å²) in [6.45, 7) is 8.32. The van der Waals surface area contributed by atoms with E-state index in [1.165, 1.54) is 23.1 Å². The number of nitrogens with one attached hydrogen (secondary N) is 1. The van der Waals surface area contributed by atoms with Gasteiger partial charge in [-0.05, 0) is 76.1 Å². The summed E-state index contributed by atoms with van der Waals surface area (Å²) in [6.07, 6.45) is 0.261. The van der Waals surface area contributed by atoms with Crippen LogP contribution in [-0.4, -0.2) is 43.3 Å². The van der Waals surface area contributed by atoms with Gasteiger partial charge in [0.1, 0.15) is 12.6 Å². The molecule has 1 atom stereocenters. The lowest BCUT2D eigenvalue weighted by Crippen LogP contribution is -2.55. The third-order valence-electron chi connectivity index (χ3n) is 6.32. The van der Waals surface area contributed by atoms with Crippen LogP contribution in [0.3, 0.4) is 0 Å². The van der Waals surface area contributed by atoms with E-state index in [1.54, 1.807) is 62.4 Å². The first-order valence-electron chi connectivity index (χ1n) is 13.0. The number of aryl methyl sites for hydroxylation is 1. The highest BCUT2D eigenvalue weighted by Gasteiger charge is 2.35. The molecule has 1 N–H and O–H groups in total. The molecule has 3 rings (SSSR count). The standard InChI is InChI=1S/C30H34Cl3N3O4S/c1-6-26(29(38)34-30(3,4)5)35(18-23-24(32)13-10-14-25(23)33)28(37)19-36(27-17-21(31)16-15-20(27)2)41(39,40)22-11-8-7-9-12-22/h7-17,26H,6,18-19H2,1-5H3,(H,34,38). The summed E-state index contributed by atoms with van der Waals surface area (Å²) in [5, 5.41) is 3.88. The van der Waals surface area contributed by atoms with Gasteiger partial charge in [-0.15, -0.1) is 0 Å². The number of carbonyl (C=O) groups is 2. The van der Waals surface area contributed by atoms with Gasteiger partial charge in [-0.2, -0.15) is 0 Å². The molecule has 0 aliphatic carbocycles. The van der Waals surface area contributed by atoms with Crippen molar-refractivity contribution in [1.29, 1.82) is 0 Å². The van der Waals surface area contributed by atoms with Crippen molar-refractivity contribution in [1.82, 2.24) is 10.2 Å². The molecule has 0 spiro atoms. The molecule has 3 aromatic rings. The zero-order chi connectivity index (χ0) is 30.5. The van der Waals surface area contributed by atoms with Crippen LogP contribution < -0.4 is 9.62 Å². The van der Waals surface area contributed by atoms with E-state index in [0.717, 1.165) is 4.31 Å². The average Bonchev–Trinajstić information content (AvgIpc) is 2.89. The molecule has 0 bridgehead atoms. The molecule has 0 heterocycles. The number of carbonyl (C=O) groups excluding carboxylic acids is 2. The zero-order valence-corrected chi connectivity index (χ0v) is 26.7. The number of benzene rings is 3. The number of hydrogen-bond donors (Lipinski definition) is 1. The van der Waals surface area contributed by atoms with E-state index < -0.39 is 34.1 Å². The SMILES string of the molecule is CCC(C(=O)NC(C)(C)C)N(Cc1c(Cl)cccc1Cl)C(=O)CN(c1cc(Cl)ccc1C)S(=O)(=O)c1ccccc1. The van der Waals surface area contributed by atoms with Crippen molar-refractivity contribution < 1.29 is 18.0 Å². The van der Waals surface area contributed by atoms with E-state index in [1.807, 2.05) is 20.8 Å². The molecule has 0 aromatic heterocycles. The van der Waals surface area contributed by atoms with Crippen LogP contribution in [0.4, 0.5) is 5.69 Å². The Balaban J connectivity index is 2.15. The molecule has 7 nitrogen and oxygen atoms in total. The second-order valence-electron chi connectivity index (χ2n) is 10.6. The quantitative estimate of drug-likeness (QED) is 0.263. The minimum Gasteiger partial charge on any atom is -0.350 e. The largest absolute Gasteiger partial charge is 0.350 e. The third-order valence-corrected chi connectivity index (χ3v) is 9.04. The minimum atomic E-state index is -4.22. The predicted octanol–water partition coefficient (Wildman–Crippen LogP) is 6.87. The number of sulfonamides is 1. The fourth-order valence-electron chi connectivity index (χ4n) is 4.31. The van der Waals surface area contributed by atoms with Crippen LogP contribution in [0.15, 0.2) is 71.6 Å². The number of hydrogen-bond acceptors (Lipinski definition) is 4. The van der Waals surface area contributed by atoms with Gasteiger partial charge in [0.05, 0.1) is 10.6 Å². The summed E-state index contributed by atoms with van der Waals surface area (Å²) < 4.78 is 29.0. The van der Waals surface area contributed by atoms with Gasteiger partial charge in [0.2, 0.25) is 11.8 Å². The minimum absolute atomic E-state index is 0.00499. The summed E-state index contributed by atoms with van der Waals surface area (Å²) in [5.74, 6) is -0.997. The monoisotopic (exact) mass is 637 g/mol. The van der Waals surface area contributed by atoms with Crippen LogP contribution in [0.5, 0.6) is 0 Å². The van der Waals surface area contributed by atoms with Crippen molar-refractivity contribution in [3.8, 4) is 0 Å². The Morgan fingerprint density at radius 1 is 0.927 bits per heavy atom. The van der Waals surface area contributed by atoms with Gasteiger partial charge in [0.25, 0.3) is 10.0 Å². The van der Waals surface area contributed by atoms with E-state index in [4.69, 9.17) is 34.8 Å². The highest BCUT2D eigenvalue weighted by atomic mass is 35.5. The summed E-state index contributed by atoms with van der Waals surface area (Å²) >= 11 is 19.2. The van der Waals surface area contributed by atoms with Crippen LogP contribution in [0, 0.1) is 6.92 Å². The summed E-state index contributed by atoms with van der Waals surface area (Å²) in [4.78, 5) is 29.0. The Kier molecular flexibility index (Phi) is 10.7. The van der Waals surface area contributed by atoms with Gasteiger partial charge in [-0.3, -0.25) is 13.9 Å². The molecule has 220 valence electrons. The van der Waals surface area contributed by atoms with Gasteiger partial charge in [0.15, 0.2) is 0 Å². The summed E-state index contributed by atoms with van der Waals surface area (Å²) in [7, 11) is -4.22. The molecular weight excluding hydrogens is 605 g/mol. The molecule has 0 aliphatic rings. The Morgan fingerprint density at radius 3 is 2.10 bits per heavy atom. The van der Waals surface area contributed by atoms with Crippen LogP contribution in [0.2, 0.25) is 15.1 Å². The van der Waals surface area contributed by atoms with Crippen LogP contribution in [-0.2, 0) is 26.2 Å². The van der Waals surface area contributed by atoms with E-state index in [9.17, 15) is 18.0 Å². The molecule has 3 aromatic carbocycles. The third kappa shape index (κ3) is 8.16. The number of nitrogens with zero attached hydrogens (tertiary/aromatic N) is 2. The average molecular weight is 639 g/mol. The molecule has 41 heavy (non-hydrogen) atoms. The topological polar surface area (TPSA) is 86.8 Å². The van der Waals surface area contributed by atoms with Gasteiger partial charge in [-0.1, -0.05) is 72.1 Å². The molecule has 0 fully saturated rings. The first kappa shape index (κ1) is 32.7. The Bertz CT molecular complexity index is 1490. The van der Waals surface area contributed by atoms with Gasteiger partial charge in [0, 0.05) is 32.7 Å². The molecule has 0 saturated heterocycles. The fraction of sp³-hybridized carbons (Fsp3) is 0.333. The summed E-state index contributed by atoms with van der Waals surface area (Å²) in [5.41, 5.74) is 0.724. The zero-order valence-electron chi connectivity index (χ0n) is 23.6. The van der Waals surface area contributed by atoms with Crippen molar-refractivity contribution in [2.75, 3.05) is 10.8 Å².